The number of hydrogen-bond acceptors (Lipinski definition) is 5. The smallest absolute Gasteiger partial charge is 0.271 e. The first-order chi connectivity index (χ1) is 8.27. The van der Waals surface area contributed by atoms with Gasteiger partial charge in [0.2, 0.25) is 0 Å². The summed E-state index contributed by atoms with van der Waals surface area (Å²) in [5.74, 6) is 0.442. The maximum Gasteiger partial charge on any atom is 0.271 e. The average molecular weight is 238 g/mol. The van der Waals surface area contributed by atoms with Crippen molar-refractivity contribution in [3.05, 3.63) is 17.8 Å². The Kier molecular flexibility index (Phi) is 5.95. The van der Waals surface area contributed by atoms with Crippen LogP contribution in [-0.4, -0.2) is 42.9 Å². The van der Waals surface area contributed by atoms with Crippen molar-refractivity contribution in [2.24, 2.45) is 0 Å². The van der Waals surface area contributed by atoms with Crippen molar-refractivity contribution in [1.82, 2.24) is 15.5 Å². The van der Waals surface area contributed by atoms with E-state index in [9.17, 15) is 4.79 Å². The number of nitrogens with zero attached hydrogens (tertiary/aromatic N) is 2. The SMILES string of the molecule is CCCNc1ccc(C(=O)NCCOC)nn1. The fraction of sp³-hybridized carbons (Fsp3) is 0.545. The Bertz CT molecular complexity index is 340. The highest BCUT2D eigenvalue weighted by molar-refractivity contribution is 5.92. The molecule has 0 aliphatic heterocycles. The Balaban J connectivity index is 2.46. The number of methoxy groups -OCH3 is 1. The molecule has 0 saturated heterocycles. The maximum absolute atomic E-state index is 11.6. The number of nitrogens with one attached hydrogen (secondary N) is 2. The minimum Gasteiger partial charge on any atom is -0.383 e. The number of amides is 1. The molecule has 1 rings (SSSR count). The van der Waals surface area contributed by atoms with Crippen LogP contribution in [-0.2, 0) is 4.74 Å². The summed E-state index contributed by atoms with van der Waals surface area (Å²) < 4.78 is 4.83. The fourth-order valence-corrected chi connectivity index (χ4v) is 1.16. The van der Waals surface area contributed by atoms with Gasteiger partial charge in [-0.2, -0.15) is 0 Å². The second kappa shape index (κ2) is 7.56. The first kappa shape index (κ1) is 13.4. The minimum absolute atomic E-state index is 0.239. The highest BCUT2D eigenvalue weighted by Crippen LogP contribution is 2.01. The van der Waals surface area contributed by atoms with Gasteiger partial charge in [0.15, 0.2) is 5.69 Å². The van der Waals surface area contributed by atoms with Crippen LogP contribution in [0.1, 0.15) is 23.8 Å². The number of anilines is 1. The lowest BCUT2D eigenvalue weighted by molar-refractivity contribution is 0.0931. The number of hydrogen-bond donors (Lipinski definition) is 2. The molecular weight excluding hydrogens is 220 g/mol. The van der Waals surface area contributed by atoms with Crippen LogP contribution in [0.25, 0.3) is 0 Å². The molecule has 2 N–H and O–H groups in total. The van der Waals surface area contributed by atoms with Crippen LogP contribution in [0, 0.1) is 0 Å². The van der Waals surface area contributed by atoms with E-state index in [0.717, 1.165) is 13.0 Å². The minimum atomic E-state index is -0.239. The molecule has 0 aromatic carbocycles. The summed E-state index contributed by atoms with van der Waals surface area (Å²) in [5.41, 5.74) is 0.308. The van der Waals surface area contributed by atoms with E-state index in [4.69, 9.17) is 4.74 Å². The second-order valence-electron chi connectivity index (χ2n) is 3.48. The van der Waals surface area contributed by atoms with Crippen LogP contribution in [0.5, 0.6) is 0 Å². The third-order valence-corrected chi connectivity index (χ3v) is 2.05. The Labute approximate surface area is 101 Å². The van der Waals surface area contributed by atoms with E-state index in [1.807, 2.05) is 0 Å². The molecule has 1 heterocycles. The van der Waals surface area contributed by atoms with Gasteiger partial charge in [-0.05, 0) is 18.6 Å². The van der Waals surface area contributed by atoms with Crippen molar-refractivity contribution in [2.75, 3.05) is 32.1 Å². The van der Waals surface area contributed by atoms with Crippen molar-refractivity contribution in [1.29, 1.82) is 0 Å². The van der Waals surface area contributed by atoms with E-state index < -0.39 is 0 Å². The largest absolute Gasteiger partial charge is 0.383 e. The Morgan fingerprint density at radius 1 is 1.35 bits per heavy atom. The van der Waals surface area contributed by atoms with Gasteiger partial charge in [-0.15, -0.1) is 10.2 Å². The van der Waals surface area contributed by atoms with Gasteiger partial charge < -0.3 is 15.4 Å². The zero-order valence-electron chi connectivity index (χ0n) is 10.2. The molecule has 0 fully saturated rings. The highest BCUT2D eigenvalue weighted by Gasteiger charge is 2.06. The molecule has 0 aliphatic rings. The lowest BCUT2D eigenvalue weighted by Gasteiger charge is -2.05. The van der Waals surface area contributed by atoms with E-state index in [0.29, 0.717) is 24.7 Å². The topological polar surface area (TPSA) is 76.1 Å². The molecule has 0 aliphatic carbocycles. The number of rotatable bonds is 7. The molecule has 6 heteroatoms. The van der Waals surface area contributed by atoms with Crippen LogP contribution in [0.3, 0.4) is 0 Å². The van der Waals surface area contributed by atoms with E-state index in [1.165, 1.54) is 0 Å². The predicted molar refractivity (Wildman–Crippen MR) is 65.0 cm³/mol. The van der Waals surface area contributed by atoms with Gasteiger partial charge >= 0.3 is 0 Å². The molecule has 0 saturated carbocycles. The fourth-order valence-electron chi connectivity index (χ4n) is 1.16. The van der Waals surface area contributed by atoms with E-state index >= 15 is 0 Å². The predicted octanol–water partition coefficient (Wildman–Crippen LogP) is 0.675. The van der Waals surface area contributed by atoms with Crippen LogP contribution >= 0.6 is 0 Å². The van der Waals surface area contributed by atoms with Crippen LogP contribution in [0.15, 0.2) is 12.1 Å². The van der Waals surface area contributed by atoms with Crippen molar-refractivity contribution in [3.8, 4) is 0 Å². The van der Waals surface area contributed by atoms with Crippen molar-refractivity contribution in [3.63, 3.8) is 0 Å². The average Bonchev–Trinajstić information content (AvgIpc) is 2.37. The molecule has 17 heavy (non-hydrogen) atoms. The molecule has 6 nitrogen and oxygen atoms in total. The molecule has 0 bridgehead atoms. The number of carbonyl (C=O) groups excluding carboxylic acids is 1. The second-order valence-corrected chi connectivity index (χ2v) is 3.48. The maximum atomic E-state index is 11.6. The molecule has 1 aromatic rings. The number of carbonyl (C=O) groups is 1. The van der Waals surface area contributed by atoms with Gasteiger partial charge in [-0.1, -0.05) is 6.92 Å². The standard InChI is InChI=1S/C11H18N4O2/c1-3-6-12-10-5-4-9(14-15-10)11(16)13-7-8-17-2/h4-5H,3,6-8H2,1-2H3,(H,12,15)(H,13,16). The quantitative estimate of drug-likeness (QED) is 0.683. The lowest BCUT2D eigenvalue weighted by Crippen LogP contribution is -2.27. The van der Waals surface area contributed by atoms with E-state index in [2.05, 4.69) is 27.8 Å². The highest BCUT2D eigenvalue weighted by atomic mass is 16.5. The van der Waals surface area contributed by atoms with E-state index in [1.54, 1.807) is 19.2 Å². The zero-order valence-corrected chi connectivity index (χ0v) is 10.2. The first-order valence-electron chi connectivity index (χ1n) is 5.62. The van der Waals surface area contributed by atoms with Gasteiger partial charge in [0.25, 0.3) is 5.91 Å². The summed E-state index contributed by atoms with van der Waals surface area (Å²) in [5, 5.41) is 13.5. The van der Waals surface area contributed by atoms with Crippen LogP contribution < -0.4 is 10.6 Å². The summed E-state index contributed by atoms with van der Waals surface area (Å²) in [4.78, 5) is 11.6. The third kappa shape index (κ3) is 4.78. The molecule has 94 valence electrons. The summed E-state index contributed by atoms with van der Waals surface area (Å²) in [7, 11) is 1.58. The molecule has 0 unspecified atom stereocenters. The van der Waals surface area contributed by atoms with Gasteiger partial charge in [-0.25, -0.2) is 0 Å². The summed E-state index contributed by atoms with van der Waals surface area (Å²) in [6, 6.07) is 3.39. The monoisotopic (exact) mass is 238 g/mol. The van der Waals surface area contributed by atoms with Gasteiger partial charge in [-0.3, -0.25) is 4.79 Å². The van der Waals surface area contributed by atoms with Gasteiger partial charge in [0.05, 0.1) is 6.61 Å². The van der Waals surface area contributed by atoms with Crippen molar-refractivity contribution < 1.29 is 9.53 Å². The number of ether oxygens (including phenoxy) is 1. The van der Waals surface area contributed by atoms with Gasteiger partial charge in [0.1, 0.15) is 5.82 Å². The third-order valence-electron chi connectivity index (χ3n) is 2.05. The first-order valence-corrected chi connectivity index (χ1v) is 5.62. The summed E-state index contributed by atoms with van der Waals surface area (Å²) in [6.07, 6.45) is 1.01. The molecule has 0 spiro atoms. The normalized spacial score (nSPS) is 10.0. The summed E-state index contributed by atoms with van der Waals surface area (Å²) >= 11 is 0. The Morgan fingerprint density at radius 3 is 2.76 bits per heavy atom. The van der Waals surface area contributed by atoms with Crippen LogP contribution in [0.4, 0.5) is 5.82 Å². The van der Waals surface area contributed by atoms with Crippen LogP contribution in [0.2, 0.25) is 0 Å². The zero-order chi connectivity index (χ0) is 12.5. The summed E-state index contributed by atoms with van der Waals surface area (Å²) in [6.45, 7) is 3.86. The molecule has 1 amide bonds. The number of aromatic nitrogens is 2. The molecular formula is C11H18N4O2. The Morgan fingerprint density at radius 2 is 2.18 bits per heavy atom. The molecule has 0 atom stereocenters. The molecule has 1 aromatic heterocycles. The van der Waals surface area contributed by atoms with Gasteiger partial charge in [0, 0.05) is 20.2 Å². The lowest BCUT2D eigenvalue weighted by atomic mass is 10.3. The Hall–Kier alpha value is -1.69. The molecule has 0 radical (unpaired) electrons. The van der Waals surface area contributed by atoms with Crippen molar-refractivity contribution in [2.45, 2.75) is 13.3 Å². The van der Waals surface area contributed by atoms with Crippen molar-refractivity contribution >= 4 is 11.7 Å². The van der Waals surface area contributed by atoms with E-state index in [-0.39, 0.29) is 5.91 Å².